The summed E-state index contributed by atoms with van der Waals surface area (Å²) >= 11 is 1.10. The minimum absolute atomic E-state index is 0.369. The zero-order valence-corrected chi connectivity index (χ0v) is 13.6. The van der Waals surface area contributed by atoms with E-state index in [9.17, 15) is 15.2 Å². The molecular weight excluding hydrogens is 312 g/mol. The Labute approximate surface area is 138 Å². The first-order valence-electron chi connectivity index (χ1n) is 7.04. The number of ether oxygens (including phenoxy) is 1. The minimum Gasteiger partial charge on any atom is -0.496 e. The van der Waals surface area contributed by atoms with Gasteiger partial charge in [-0.15, -0.1) is 0 Å². The first kappa shape index (κ1) is 16.8. The van der Waals surface area contributed by atoms with Crippen LogP contribution in [0.4, 0.5) is 0 Å². The highest BCUT2D eigenvalue weighted by molar-refractivity contribution is 8.00. The normalized spacial score (nSPS) is 11.5. The van der Waals surface area contributed by atoms with Gasteiger partial charge in [-0.2, -0.15) is 5.26 Å². The molecule has 5 nitrogen and oxygen atoms in total. The average Bonchev–Trinajstić information content (AvgIpc) is 2.59. The molecule has 6 heteroatoms. The van der Waals surface area contributed by atoms with Gasteiger partial charge in [0, 0.05) is 5.56 Å². The van der Waals surface area contributed by atoms with E-state index in [0.717, 1.165) is 17.3 Å². The van der Waals surface area contributed by atoms with Crippen LogP contribution >= 0.6 is 11.8 Å². The number of pyridine rings is 1. The summed E-state index contributed by atoms with van der Waals surface area (Å²) in [5, 5.41) is 18.2. The van der Waals surface area contributed by atoms with Crippen LogP contribution in [-0.4, -0.2) is 28.4 Å². The predicted molar refractivity (Wildman–Crippen MR) is 88.5 cm³/mol. The number of aliphatic carboxylic acids is 1. The summed E-state index contributed by atoms with van der Waals surface area (Å²) in [5.41, 5.74) is 1.81. The maximum Gasteiger partial charge on any atom is 0.317 e. The van der Waals surface area contributed by atoms with E-state index in [0.29, 0.717) is 28.5 Å². The van der Waals surface area contributed by atoms with E-state index in [2.05, 4.69) is 11.1 Å². The van der Waals surface area contributed by atoms with Gasteiger partial charge in [0.15, 0.2) is 0 Å². The van der Waals surface area contributed by atoms with Crippen LogP contribution < -0.4 is 4.74 Å². The molecule has 1 aromatic carbocycles. The molecule has 0 aliphatic heterocycles. The number of hydrogen-bond acceptors (Lipinski definition) is 5. The maximum atomic E-state index is 11.2. The molecule has 1 aromatic heterocycles. The molecule has 1 heterocycles. The number of rotatable bonds is 6. The number of aromatic nitrogens is 1. The quantitative estimate of drug-likeness (QED) is 0.816. The first-order valence-corrected chi connectivity index (χ1v) is 7.92. The topological polar surface area (TPSA) is 83.2 Å². The maximum absolute atomic E-state index is 11.2. The number of benzene rings is 1. The van der Waals surface area contributed by atoms with Crippen molar-refractivity contribution in [2.45, 2.75) is 23.6 Å². The molecule has 2 rings (SSSR count). The van der Waals surface area contributed by atoms with E-state index < -0.39 is 11.2 Å². The Morgan fingerprint density at radius 1 is 1.39 bits per heavy atom. The molecule has 0 fully saturated rings. The smallest absolute Gasteiger partial charge is 0.317 e. The second-order valence-corrected chi connectivity index (χ2v) is 5.91. The van der Waals surface area contributed by atoms with Crippen molar-refractivity contribution in [1.29, 1.82) is 5.26 Å². The molecule has 23 heavy (non-hydrogen) atoms. The van der Waals surface area contributed by atoms with Crippen molar-refractivity contribution in [2.24, 2.45) is 0 Å². The van der Waals surface area contributed by atoms with Crippen LogP contribution in [0.1, 0.15) is 18.9 Å². The van der Waals surface area contributed by atoms with E-state index in [4.69, 9.17) is 4.74 Å². The van der Waals surface area contributed by atoms with E-state index >= 15 is 0 Å². The summed E-state index contributed by atoms with van der Waals surface area (Å²) in [6, 6.07) is 12.9. The van der Waals surface area contributed by atoms with Gasteiger partial charge in [-0.25, -0.2) is 4.98 Å². The van der Waals surface area contributed by atoms with E-state index in [1.807, 2.05) is 24.3 Å². The Bertz CT molecular complexity index is 756. The van der Waals surface area contributed by atoms with Gasteiger partial charge in [0.25, 0.3) is 0 Å². The van der Waals surface area contributed by atoms with Gasteiger partial charge >= 0.3 is 5.97 Å². The summed E-state index contributed by atoms with van der Waals surface area (Å²) in [5.74, 6) is -0.239. The second-order valence-electron chi connectivity index (χ2n) is 4.71. The largest absolute Gasteiger partial charge is 0.496 e. The van der Waals surface area contributed by atoms with Crippen LogP contribution in [0.25, 0.3) is 11.3 Å². The van der Waals surface area contributed by atoms with Crippen molar-refractivity contribution in [1.82, 2.24) is 4.98 Å². The van der Waals surface area contributed by atoms with Crippen LogP contribution in [0.2, 0.25) is 0 Å². The zero-order valence-electron chi connectivity index (χ0n) is 12.8. The fourth-order valence-corrected chi connectivity index (χ4v) is 2.99. The first-order chi connectivity index (χ1) is 11.1. The SMILES string of the molecule is CCC(Sc1nc(-c2ccccc2OC)ccc1C#N)C(=O)O. The third kappa shape index (κ3) is 3.82. The minimum atomic E-state index is -0.911. The van der Waals surface area contributed by atoms with Crippen LogP contribution in [0.5, 0.6) is 5.75 Å². The monoisotopic (exact) mass is 328 g/mol. The molecule has 1 N–H and O–H groups in total. The molecule has 0 saturated heterocycles. The summed E-state index contributed by atoms with van der Waals surface area (Å²) in [7, 11) is 1.58. The number of para-hydroxylation sites is 1. The fraction of sp³-hybridized carbons (Fsp3) is 0.235. The van der Waals surface area contributed by atoms with Crippen LogP contribution in [0.3, 0.4) is 0 Å². The molecule has 1 unspecified atom stereocenters. The van der Waals surface area contributed by atoms with Crippen LogP contribution in [0, 0.1) is 11.3 Å². The van der Waals surface area contributed by atoms with Crippen molar-refractivity contribution < 1.29 is 14.6 Å². The van der Waals surface area contributed by atoms with Gasteiger partial charge in [0.2, 0.25) is 0 Å². The average molecular weight is 328 g/mol. The lowest BCUT2D eigenvalue weighted by Crippen LogP contribution is -2.15. The molecule has 1 atom stereocenters. The molecule has 0 aliphatic carbocycles. The van der Waals surface area contributed by atoms with Crippen molar-refractivity contribution in [3.8, 4) is 23.1 Å². The number of carboxylic acids is 1. The van der Waals surface area contributed by atoms with Crippen molar-refractivity contribution in [3.05, 3.63) is 42.0 Å². The molecule has 0 spiro atoms. The highest BCUT2D eigenvalue weighted by Gasteiger charge is 2.20. The number of thioether (sulfide) groups is 1. The molecular formula is C17H16N2O3S. The van der Waals surface area contributed by atoms with Crippen molar-refractivity contribution in [2.75, 3.05) is 7.11 Å². The number of nitriles is 1. The molecule has 0 amide bonds. The van der Waals surface area contributed by atoms with Gasteiger partial charge in [0.1, 0.15) is 22.1 Å². The third-order valence-corrected chi connectivity index (χ3v) is 4.62. The van der Waals surface area contributed by atoms with Crippen molar-refractivity contribution >= 4 is 17.7 Å². The Balaban J connectivity index is 2.47. The lowest BCUT2D eigenvalue weighted by Gasteiger charge is -2.12. The third-order valence-electron chi connectivity index (χ3n) is 3.26. The Hall–Kier alpha value is -2.52. The molecule has 0 saturated carbocycles. The predicted octanol–water partition coefficient (Wildman–Crippen LogP) is 3.58. The van der Waals surface area contributed by atoms with E-state index in [1.54, 1.807) is 26.2 Å². The van der Waals surface area contributed by atoms with Crippen LogP contribution in [0.15, 0.2) is 41.4 Å². The summed E-state index contributed by atoms with van der Waals surface area (Å²) in [6.07, 6.45) is 0.450. The fourth-order valence-electron chi connectivity index (χ4n) is 2.06. The Kier molecular flexibility index (Phi) is 5.61. The van der Waals surface area contributed by atoms with E-state index in [-0.39, 0.29) is 0 Å². The Morgan fingerprint density at radius 3 is 2.74 bits per heavy atom. The van der Waals surface area contributed by atoms with Gasteiger partial charge in [-0.05, 0) is 30.7 Å². The molecule has 0 bridgehead atoms. The molecule has 118 valence electrons. The summed E-state index contributed by atoms with van der Waals surface area (Å²) < 4.78 is 5.33. The molecule has 0 aliphatic rings. The number of methoxy groups -OCH3 is 1. The standard InChI is InChI=1S/C17H16N2O3S/c1-3-15(17(20)21)23-16-11(10-18)8-9-13(19-16)12-6-4-5-7-14(12)22-2/h4-9,15H,3H2,1-2H3,(H,20,21). The molecule has 0 radical (unpaired) electrons. The van der Waals surface area contributed by atoms with Gasteiger partial charge < -0.3 is 9.84 Å². The number of carbonyl (C=O) groups is 1. The van der Waals surface area contributed by atoms with Gasteiger partial charge in [0.05, 0.1) is 18.4 Å². The molecule has 2 aromatic rings. The zero-order chi connectivity index (χ0) is 16.8. The van der Waals surface area contributed by atoms with Gasteiger partial charge in [-0.3, -0.25) is 4.79 Å². The second kappa shape index (κ2) is 7.65. The number of hydrogen-bond donors (Lipinski definition) is 1. The van der Waals surface area contributed by atoms with Crippen molar-refractivity contribution in [3.63, 3.8) is 0 Å². The highest BCUT2D eigenvalue weighted by atomic mass is 32.2. The Morgan fingerprint density at radius 2 is 2.13 bits per heavy atom. The van der Waals surface area contributed by atoms with E-state index in [1.165, 1.54) is 0 Å². The number of nitrogens with zero attached hydrogens (tertiary/aromatic N) is 2. The van der Waals surface area contributed by atoms with Gasteiger partial charge in [-0.1, -0.05) is 30.8 Å². The summed E-state index contributed by atoms with van der Waals surface area (Å²) in [4.78, 5) is 15.7. The van der Waals surface area contributed by atoms with Crippen LogP contribution in [-0.2, 0) is 4.79 Å². The number of carboxylic acid groups (broad SMARTS) is 1. The summed E-state index contributed by atoms with van der Waals surface area (Å²) in [6.45, 7) is 1.79. The highest BCUT2D eigenvalue weighted by Crippen LogP contribution is 2.33. The lowest BCUT2D eigenvalue weighted by molar-refractivity contribution is -0.136. The lowest BCUT2D eigenvalue weighted by atomic mass is 10.1.